The summed E-state index contributed by atoms with van der Waals surface area (Å²) in [6, 6.07) is 2.01. The molecule has 0 saturated carbocycles. The Morgan fingerprint density at radius 1 is 1.50 bits per heavy atom. The number of aryl methyl sites for hydroxylation is 1. The van der Waals surface area contributed by atoms with Crippen LogP contribution in [0, 0.1) is 6.92 Å². The monoisotopic (exact) mass is 221 g/mol. The third kappa shape index (κ3) is 2.16. The van der Waals surface area contributed by atoms with Gasteiger partial charge in [0.2, 0.25) is 5.95 Å². The van der Waals surface area contributed by atoms with E-state index in [0.717, 1.165) is 31.0 Å². The van der Waals surface area contributed by atoms with Crippen molar-refractivity contribution in [3.63, 3.8) is 0 Å². The summed E-state index contributed by atoms with van der Waals surface area (Å²) < 4.78 is 0. The molecule has 16 heavy (non-hydrogen) atoms. The SMILES string of the molecule is Cc1ccnc(N2CCCC2C(C)(C)O)n1. The molecule has 0 amide bonds. The van der Waals surface area contributed by atoms with Crippen molar-refractivity contribution in [2.24, 2.45) is 0 Å². The van der Waals surface area contributed by atoms with Gasteiger partial charge in [0.05, 0.1) is 11.6 Å². The number of nitrogens with zero attached hydrogens (tertiary/aromatic N) is 3. The summed E-state index contributed by atoms with van der Waals surface area (Å²) in [5.41, 5.74) is 0.259. The predicted octanol–water partition coefficient (Wildman–Crippen LogP) is 1.52. The maximum Gasteiger partial charge on any atom is 0.225 e. The normalized spacial score (nSPS) is 21.5. The lowest BCUT2D eigenvalue weighted by molar-refractivity contribution is 0.0530. The highest BCUT2D eigenvalue weighted by Crippen LogP contribution is 2.29. The van der Waals surface area contributed by atoms with Gasteiger partial charge in [0, 0.05) is 18.4 Å². The minimum absolute atomic E-state index is 0.120. The maximum atomic E-state index is 10.1. The molecule has 4 nitrogen and oxygen atoms in total. The van der Waals surface area contributed by atoms with Crippen molar-refractivity contribution in [3.05, 3.63) is 18.0 Å². The third-order valence-electron chi connectivity index (χ3n) is 3.11. The molecule has 1 saturated heterocycles. The Morgan fingerprint density at radius 2 is 2.25 bits per heavy atom. The first-order valence-corrected chi connectivity index (χ1v) is 5.77. The van der Waals surface area contributed by atoms with Gasteiger partial charge in [-0.05, 0) is 39.7 Å². The molecule has 1 unspecified atom stereocenters. The lowest BCUT2D eigenvalue weighted by Gasteiger charge is -2.33. The van der Waals surface area contributed by atoms with E-state index in [4.69, 9.17) is 0 Å². The molecule has 88 valence electrons. The second-order valence-electron chi connectivity index (χ2n) is 5.00. The highest BCUT2D eigenvalue weighted by molar-refractivity contribution is 5.35. The van der Waals surface area contributed by atoms with Crippen LogP contribution in [0.1, 0.15) is 32.4 Å². The Kier molecular flexibility index (Phi) is 2.84. The van der Waals surface area contributed by atoms with Gasteiger partial charge < -0.3 is 10.0 Å². The molecule has 0 aromatic carbocycles. The fourth-order valence-corrected chi connectivity index (χ4v) is 2.31. The summed E-state index contributed by atoms with van der Waals surface area (Å²) in [4.78, 5) is 10.8. The van der Waals surface area contributed by atoms with E-state index in [1.165, 1.54) is 0 Å². The van der Waals surface area contributed by atoms with E-state index >= 15 is 0 Å². The smallest absolute Gasteiger partial charge is 0.225 e. The van der Waals surface area contributed by atoms with E-state index in [2.05, 4.69) is 14.9 Å². The average molecular weight is 221 g/mol. The van der Waals surface area contributed by atoms with Gasteiger partial charge in [-0.25, -0.2) is 9.97 Å². The van der Waals surface area contributed by atoms with Gasteiger partial charge >= 0.3 is 0 Å². The van der Waals surface area contributed by atoms with Gasteiger partial charge in [0.15, 0.2) is 0 Å². The van der Waals surface area contributed by atoms with Crippen LogP contribution in [-0.2, 0) is 0 Å². The molecule has 1 aliphatic heterocycles. The molecule has 0 spiro atoms. The van der Waals surface area contributed by atoms with Crippen molar-refractivity contribution in [2.75, 3.05) is 11.4 Å². The number of hydrogen-bond acceptors (Lipinski definition) is 4. The first kappa shape index (κ1) is 11.3. The molecular formula is C12H19N3O. The molecule has 1 aromatic heterocycles. The van der Waals surface area contributed by atoms with Crippen LogP contribution in [0.3, 0.4) is 0 Å². The Hall–Kier alpha value is -1.16. The zero-order chi connectivity index (χ0) is 11.8. The minimum atomic E-state index is -0.705. The standard InChI is InChI=1S/C12H19N3O/c1-9-6-7-13-11(14-9)15-8-4-5-10(15)12(2,3)16/h6-7,10,16H,4-5,8H2,1-3H3. The highest BCUT2D eigenvalue weighted by atomic mass is 16.3. The molecule has 0 radical (unpaired) electrons. The fraction of sp³-hybridized carbons (Fsp3) is 0.667. The molecule has 1 aromatic rings. The lowest BCUT2D eigenvalue weighted by Crippen LogP contribution is -2.46. The maximum absolute atomic E-state index is 10.1. The van der Waals surface area contributed by atoms with Gasteiger partial charge in [0.25, 0.3) is 0 Å². The van der Waals surface area contributed by atoms with E-state index < -0.39 is 5.60 Å². The Morgan fingerprint density at radius 3 is 2.88 bits per heavy atom. The van der Waals surface area contributed by atoms with Crippen LogP contribution in [-0.4, -0.2) is 33.3 Å². The van der Waals surface area contributed by atoms with Crippen LogP contribution in [0.2, 0.25) is 0 Å². The van der Waals surface area contributed by atoms with Gasteiger partial charge in [-0.3, -0.25) is 0 Å². The van der Waals surface area contributed by atoms with E-state index in [9.17, 15) is 5.11 Å². The van der Waals surface area contributed by atoms with Crippen LogP contribution in [0.25, 0.3) is 0 Å². The molecule has 2 rings (SSSR count). The summed E-state index contributed by atoms with van der Waals surface area (Å²) >= 11 is 0. The van der Waals surface area contributed by atoms with Gasteiger partial charge in [-0.1, -0.05) is 0 Å². The van der Waals surface area contributed by atoms with Gasteiger partial charge in [-0.2, -0.15) is 0 Å². The van der Waals surface area contributed by atoms with Gasteiger partial charge in [-0.15, -0.1) is 0 Å². The van der Waals surface area contributed by atoms with Gasteiger partial charge in [0.1, 0.15) is 0 Å². The fourth-order valence-electron chi connectivity index (χ4n) is 2.31. The number of aliphatic hydroxyl groups is 1. The minimum Gasteiger partial charge on any atom is -0.388 e. The molecular weight excluding hydrogens is 202 g/mol. The quantitative estimate of drug-likeness (QED) is 0.822. The van der Waals surface area contributed by atoms with Crippen molar-refractivity contribution in [1.82, 2.24) is 9.97 Å². The molecule has 1 aliphatic rings. The Bertz CT molecular complexity index is 373. The van der Waals surface area contributed by atoms with Crippen molar-refractivity contribution in [2.45, 2.75) is 45.3 Å². The molecule has 1 N–H and O–H groups in total. The average Bonchev–Trinajstić information content (AvgIpc) is 2.65. The highest BCUT2D eigenvalue weighted by Gasteiger charge is 2.37. The Balaban J connectivity index is 2.27. The molecule has 1 fully saturated rings. The third-order valence-corrected chi connectivity index (χ3v) is 3.11. The Labute approximate surface area is 96.3 Å². The first-order chi connectivity index (χ1) is 7.48. The van der Waals surface area contributed by atoms with Crippen LogP contribution in [0.15, 0.2) is 12.3 Å². The van der Waals surface area contributed by atoms with Crippen molar-refractivity contribution < 1.29 is 5.11 Å². The molecule has 0 bridgehead atoms. The van der Waals surface area contributed by atoms with E-state index in [1.807, 2.05) is 26.8 Å². The number of anilines is 1. The zero-order valence-electron chi connectivity index (χ0n) is 10.1. The van der Waals surface area contributed by atoms with Crippen molar-refractivity contribution in [1.29, 1.82) is 0 Å². The topological polar surface area (TPSA) is 49.2 Å². The zero-order valence-corrected chi connectivity index (χ0v) is 10.1. The molecule has 1 atom stereocenters. The molecule has 2 heterocycles. The summed E-state index contributed by atoms with van der Waals surface area (Å²) in [6.07, 6.45) is 3.87. The van der Waals surface area contributed by atoms with Crippen LogP contribution in [0.5, 0.6) is 0 Å². The number of hydrogen-bond donors (Lipinski definition) is 1. The number of aromatic nitrogens is 2. The van der Waals surface area contributed by atoms with Crippen LogP contribution >= 0.6 is 0 Å². The van der Waals surface area contributed by atoms with Crippen molar-refractivity contribution >= 4 is 5.95 Å². The van der Waals surface area contributed by atoms with Crippen LogP contribution < -0.4 is 4.90 Å². The first-order valence-electron chi connectivity index (χ1n) is 5.77. The second-order valence-corrected chi connectivity index (χ2v) is 5.00. The van der Waals surface area contributed by atoms with E-state index in [0.29, 0.717) is 0 Å². The second kappa shape index (κ2) is 4.01. The number of rotatable bonds is 2. The van der Waals surface area contributed by atoms with Crippen molar-refractivity contribution in [3.8, 4) is 0 Å². The summed E-state index contributed by atoms with van der Waals surface area (Å²) in [5.74, 6) is 0.740. The summed E-state index contributed by atoms with van der Waals surface area (Å²) in [6.45, 7) is 6.59. The summed E-state index contributed by atoms with van der Waals surface area (Å²) in [5, 5.41) is 10.1. The molecule has 0 aliphatic carbocycles. The van der Waals surface area contributed by atoms with Crippen LogP contribution in [0.4, 0.5) is 5.95 Å². The predicted molar refractivity (Wildman–Crippen MR) is 63.4 cm³/mol. The summed E-state index contributed by atoms with van der Waals surface area (Å²) in [7, 11) is 0. The van der Waals surface area contributed by atoms with E-state index in [-0.39, 0.29) is 6.04 Å². The largest absolute Gasteiger partial charge is 0.388 e. The molecule has 4 heteroatoms. The van der Waals surface area contributed by atoms with E-state index in [1.54, 1.807) is 6.20 Å². The lowest BCUT2D eigenvalue weighted by atomic mass is 9.97.